The van der Waals surface area contributed by atoms with E-state index in [2.05, 4.69) is 10.3 Å². The smallest absolute Gasteiger partial charge is 0.340 e. The number of carbonyl (C=O) groups is 2. The Balaban J connectivity index is 2.90. The molecule has 1 amide bonds. The van der Waals surface area contributed by atoms with E-state index in [0.29, 0.717) is 10.7 Å². The number of hydrogen-bond acceptors (Lipinski definition) is 6. The van der Waals surface area contributed by atoms with Gasteiger partial charge in [-0.3, -0.25) is 4.79 Å². The number of pyridine rings is 1. The first-order valence-corrected chi connectivity index (χ1v) is 8.75. The van der Waals surface area contributed by atoms with Gasteiger partial charge >= 0.3 is 5.97 Å². The number of nitrogens with one attached hydrogen (secondary N) is 1. The van der Waals surface area contributed by atoms with Crippen molar-refractivity contribution in [3.8, 4) is 6.07 Å². The molecule has 1 aromatic rings. The van der Waals surface area contributed by atoms with Crippen LogP contribution in [0.5, 0.6) is 0 Å². The monoisotopic (exact) mass is 349 g/mol. The predicted molar refractivity (Wildman–Crippen MR) is 92.9 cm³/mol. The fourth-order valence-electron chi connectivity index (χ4n) is 1.82. The van der Waals surface area contributed by atoms with Crippen LogP contribution in [0.1, 0.15) is 55.7 Å². The SMILES string of the molecule is CCOC(=O)c1cc(C#N)c(SCC(=O)NC(C)(C)CC)nc1C. The van der Waals surface area contributed by atoms with E-state index in [4.69, 9.17) is 4.74 Å². The number of rotatable bonds is 7. The van der Waals surface area contributed by atoms with Crippen molar-refractivity contribution in [2.45, 2.75) is 51.6 Å². The number of nitriles is 1. The summed E-state index contributed by atoms with van der Waals surface area (Å²) >= 11 is 1.18. The van der Waals surface area contributed by atoms with Gasteiger partial charge in [0, 0.05) is 5.54 Å². The van der Waals surface area contributed by atoms with Crippen LogP contribution < -0.4 is 5.32 Å². The van der Waals surface area contributed by atoms with Crippen LogP contribution in [0.3, 0.4) is 0 Å². The van der Waals surface area contributed by atoms with Crippen LogP contribution in [-0.2, 0) is 9.53 Å². The lowest BCUT2D eigenvalue weighted by molar-refractivity contribution is -0.120. The van der Waals surface area contributed by atoms with Crippen molar-refractivity contribution >= 4 is 23.6 Å². The minimum atomic E-state index is -0.502. The Labute approximate surface area is 147 Å². The molecule has 0 aliphatic heterocycles. The summed E-state index contributed by atoms with van der Waals surface area (Å²) in [5, 5.41) is 12.6. The summed E-state index contributed by atoms with van der Waals surface area (Å²) in [5.74, 6) is -0.466. The average Bonchev–Trinajstić information content (AvgIpc) is 2.52. The fourth-order valence-corrected chi connectivity index (χ4v) is 2.63. The predicted octanol–water partition coefficient (Wildman–Crippen LogP) is 2.84. The Kier molecular flexibility index (Phi) is 7.23. The maximum absolute atomic E-state index is 12.0. The lowest BCUT2D eigenvalue weighted by Gasteiger charge is -2.24. The molecule has 0 unspecified atom stereocenters. The molecular formula is C17H23N3O3S. The Morgan fingerprint density at radius 3 is 2.62 bits per heavy atom. The molecule has 1 heterocycles. The van der Waals surface area contributed by atoms with Crippen LogP contribution in [0.2, 0.25) is 0 Å². The van der Waals surface area contributed by atoms with Crippen molar-refractivity contribution in [1.29, 1.82) is 5.26 Å². The summed E-state index contributed by atoms with van der Waals surface area (Å²) < 4.78 is 4.95. The minimum absolute atomic E-state index is 0.121. The molecule has 7 heteroatoms. The molecule has 1 N–H and O–H groups in total. The lowest BCUT2D eigenvalue weighted by atomic mass is 10.0. The van der Waals surface area contributed by atoms with Crippen LogP contribution in [0.25, 0.3) is 0 Å². The van der Waals surface area contributed by atoms with E-state index < -0.39 is 5.97 Å². The molecule has 0 aliphatic carbocycles. The van der Waals surface area contributed by atoms with Crippen molar-refractivity contribution < 1.29 is 14.3 Å². The van der Waals surface area contributed by atoms with E-state index in [1.165, 1.54) is 17.8 Å². The number of hydrogen-bond donors (Lipinski definition) is 1. The molecule has 0 atom stereocenters. The van der Waals surface area contributed by atoms with Gasteiger partial charge in [-0.1, -0.05) is 18.7 Å². The zero-order valence-electron chi connectivity index (χ0n) is 14.7. The van der Waals surface area contributed by atoms with Gasteiger partial charge in [0.05, 0.1) is 29.2 Å². The molecule has 0 aliphatic rings. The number of carbonyl (C=O) groups excluding carboxylic acids is 2. The van der Waals surface area contributed by atoms with E-state index in [1.54, 1.807) is 13.8 Å². The summed E-state index contributed by atoms with van der Waals surface area (Å²) in [4.78, 5) is 28.2. The molecule has 0 aromatic carbocycles. The summed E-state index contributed by atoms with van der Waals surface area (Å²) in [5.41, 5.74) is 0.738. The molecule has 1 aromatic heterocycles. The van der Waals surface area contributed by atoms with Crippen molar-refractivity contribution in [2.75, 3.05) is 12.4 Å². The molecule has 0 bridgehead atoms. The van der Waals surface area contributed by atoms with Gasteiger partial charge in [0.15, 0.2) is 0 Å². The fraction of sp³-hybridized carbons (Fsp3) is 0.529. The third-order valence-electron chi connectivity index (χ3n) is 3.50. The molecule has 6 nitrogen and oxygen atoms in total. The van der Waals surface area contributed by atoms with Crippen molar-refractivity contribution in [2.24, 2.45) is 0 Å². The number of nitrogens with zero attached hydrogens (tertiary/aromatic N) is 2. The molecule has 1 rings (SSSR count). The normalized spacial score (nSPS) is 10.8. The zero-order chi connectivity index (χ0) is 18.3. The number of esters is 1. The van der Waals surface area contributed by atoms with Crippen molar-refractivity contribution in [3.05, 3.63) is 22.9 Å². The molecule has 24 heavy (non-hydrogen) atoms. The highest BCUT2D eigenvalue weighted by Gasteiger charge is 2.20. The highest BCUT2D eigenvalue weighted by atomic mass is 32.2. The van der Waals surface area contributed by atoms with Gasteiger partial charge in [-0.2, -0.15) is 5.26 Å². The molecule has 0 saturated carbocycles. The quantitative estimate of drug-likeness (QED) is 0.601. The lowest BCUT2D eigenvalue weighted by Crippen LogP contribution is -2.43. The second-order valence-electron chi connectivity index (χ2n) is 5.88. The van der Waals surface area contributed by atoms with E-state index >= 15 is 0 Å². The Morgan fingerprint density at radius 1 is 1.42 bits per heavy atom. The van der Waals surface area contributed by atoms with Gasteiger partial charge < -0.3 is 10.1 Å². The van der Waals surface area contributed by atoms with Gasteiger partial charge in [-0.15, -0.1) is 0 Å². The highest BCUT2D eigenvalue weighted by molar-refractivity contribution is 8.00. The van der Waals surface area contributed by atoms with Crippen molar-refractivity contribution in [1.82, 2.24) is 10.3 Å². The largest absolute Gasteiger partial charge is 0.462 e. The first-order chi connectivity index (χ1) is 11.2. The molecule has 0 spiro atoms. The van der Waals surface area contributed by atoms with Gasteiger partial charge in [-0.25, -0.2) is 9.78 Å². The van der Waals surface area contributed by atoms with Crippen LogP contribution >= 0.6 is 11.8 Å². The van der Waals surface area contributed by atoms with Crippen LogP contribution in [0.15, 0.2) is 11.1 Å². The average molecular weight is 349 g/mol. The Bertz CT molecular complexity index is 666. The van der Waals surface area contributed by atoms with Crippen LogP contribution in [0, 0.1) is 18.3 Å². The third-order valence-corrected chi connectivity index (χ3v) is 4.49. The van der Waals surface area contributed by atoms with Gasteiger partial charge in [-0.05, 0) is 40.2 Å². The molecule has 130 valence electrons. The summed E-state index contributed by atoms with van der Waals surface area (Å²) in [6, 6.07) is 3.49. The number of amides is 1. The highest BCUT2D eigenvalue weighted by Crippen LogP contribution is 2.23. The number of ether oxygens (including phenoxy) is 1. The molecule has 0 radical (unpaired) electrons. The second-order valence-corrected chi connectivity index (χ2v) is 6.84. The van der Waals surface area contributed by atoms with E-state index in [0.717, 1.165) is 6.42 Å². The number of thioether (sulfide) groups is 1. The number of aromatic nitrogens is 1. The number of aryl methyl sites for hydroxylation is 1. The minimum Gasteiger partial charge on any atom is -0.462 e. The van der Waals surface area contributed by atoms with E-state index in [9.17, 15) is 14.9 Å². The van der Waals surface area contributed by atoms with Crippen molar-refractivity contribution in [3.63, 3.8) is 0 Å². The molecular weight excluding hydrogens is 326 g/mol. The van der Waals surface area contributed by atoms with Gasteiger partial charge in [0.25, 0.3) is 0 Å². The first-order valence-electron chi connectivity index (χ1n) is 7.76. The molecule has 0 fully saturated rings. The van der Waals surface area contributed by atoms with Gasteiger partial charge in [0.2, 0.25) is 5.91 Å². The Morgan fingerprint density at radius 2 is 2.08 bits per heavy atom. The van der Waals surface area contributed by atoms with Crippen LogP contribution in [0.4, 0.5) is 0 Å². The maximum atomic E-state index is 12.0. The zero-order valence-corrected chi connectivity index (χ0v) is 15.5. The van der Waals surface area contributed by atoms with E-state index in [-0.39, 0.29) is 34.9 Å². The van der Waals surface area contributed by atoms with Crippen LogP contribution in [-0.4, -0.2) is 34.8 Å². The molecule has 0 saturated heterocycles. The summed E-state index contributed by atoms with van der Waals surface area (Å²) in [7, 11) is 0. The Hall–Kier alpha value is -2.07. The summed E-state index contributed by atoms with van der Waals surface area (Å²) in [6.07, 6.45) is 0.818. The summed E-state index contributed by atoms with van der Waals surface area (Å²) in [6.45, 7) is 9.55. The van der Waals surface area contributed by atoms with E-state index in [1.807, 2.05) is 26.8 Å². The standard InChI is InChI=1S/C17H23N3O3S/c1-6-17(4,5)20-14(21)10-24-15-12(9-18)8-13(11(3)19-15)16(22)23-7-2/h8H,6-7,10H2,1-5H3,(H,20,21). The third kappa shape index (κ3) is 5.53. The van der Waals surface area contributed by atoms with Gasteiger partial charge in [0.1, 0.15) is 11.1 Å². The topological polar surface area (TPSA) is 92.1 Å². The maximum Gasteiger partial charge on any atom is 0.340 e. The second kappa shape index (κ2) is 8.69. The first kappa shape index (κ1) is 20.0.